The Morgan fingerprint density at radius 2 is 1.39 bits per heavy atom. The van der Waals surface area contributed by atoms with E-state index in [9.17, 15) is 14.4 Å². The zero-order valence-corrected chi connectivity index (χ0v) is 25.9. The molecule has 0 aliphatic heterocycles. The maximum absolute atomic E-state index is 14.4. The standard InChI is InChI=1S/C31H53N3O4/c1-19(2)13-14-24(9)34(29(36)26(15-20(3)4)33-30(37)38-31(10,11)12)27(28(35)32-21(5)6)25-17-22(7)16-23(8)18-25/h16-21,24,26-27H,13-15H2,1-12H3,(H,32,35)(H,33,37). The van der Waals surface area contributed by atoms with Crippen molar-refractivity contribution in [1.82, 2.24) is 15.5 Å². The van der Waals surface area contributed by atoms with E-state index in [1.54, 1.807) is 25.7 Å². The van der Waals surface area contributed by atoms with Crippen LogP contribution in [-0.2, 0) is 14.3 Å². The Bertz CT molecular complexity index is 913. The van der Waals surface area contributed by atoms with E-state index < -0.39 is 23.8 Å². The maximum Gasteiger partial charge on any atom is 0.408 e. The highest BCUT2D eigenvalue weighted by Crippen LogP contribution is 2.30. The number of alkyl carbamates (subject to hydrolysis) is 1. The number of hydrogen-bond donors (Lipinski definition) is 2. The van der Waals surface area contributed by atoms with Gasteiger partial charge in [0.05, 0.1) is 0 Å². The number of ether oxygens (including phenoxy) is 1. The predicted molar refractivity (Wildman–Crippen MR) is 155 cm³/mol. The van der Waals surface area contributed by atoms with Gasteiger partial charge < -0.3 is 20.3 Å². The van der Waals surface area contributed by atoms with Crippen molar-refractivity contribution in [3.63, 3.8) is 0 Å². The lowest BCUT2D eigenvalue weighted by atomic mass is 9.94. The highest BCUT2D eigenvalue weighted by atomic mass is 16.6. The minimum Gasteiger partial charge on any atom is -0.444 e. The molecular weight excluding hydrogens is 478 g/mol. The summed E-state index contributed by atoms with van der Waals surface area (Å²) in [5, 5.41) is 5.87. The van der Waals surface area contributed by atoms with Crippen LogP contribution in [0.15, 0.2) is 18.2 Å². The van der Waals surface area contributed by atoms with Gasteiger partial charge >= 0.3 is 6.09 Å². The van der Waals surface area contributed by atoms with E-state index in [0.717, 1.165) is 29.5 Å². The van der Waals surface area contributed by atoms with E-state index in [2.05, 4.69) is 30.5 Å². The molecule has 1 aromatic rings. The number of amides is 3. The number of nitrogens with zero attached hydrogens (tertiary/aromatic N) is 1. The lowest BCUT2D eigenvalue weighted by Gasteiger charge is -2.39. The quantitative estimate of drug-likeness (QED) is 0.324. The normalized spacial score (nSPS) is 14.3. The third-order valence-electron chi connectivity index (χ3n) is 6.10. The molecule has 0 fully saturated rings. The molecule has 3 atom stereocenters. The van der Waals surface area contributed by atoms with Gasteiger partial charge in [0.15, 0.2) is 0 Å². The molecule has 0 saturated heterocycles. The van der Waals surface area contributed by atoms with E-state index >= 15 is 0 Å². The maximum atomic E-state index is 14.4. The van der Waals surface area contributed by atoms with Crippen molar-refractivity contribution in [2.45, 2.75) is 132 Å². The molecule has 0 spiro atoms. The number of hydrogen-bond acceptors (Lipinski definition) is 4. The first-order valence-electron chi connectivity index (χ1n) is 14.1. The second-order valence-electron chi connectivity index (χ2n) is 12.9. The Labute approximate surface area is 231 Å². The fraction of sp³-hybridized carbons (Fsp3) is 0.710. The molecule has 2 N–H and O–H groups in total. The molecule has 0 aliphatic carbocycles. The van der Waals surface area contributed by atoms with E-state index in [0.29, 0.717) is 12.3 Å². The third-order valence-corrected chi connectivity index (χ3v) is 6.10. The number of aryl methyl sites for hydroxylation is 2. The highest BCUT2D eigenvalue weighted by Gasteiger charge is 2.39. The molecule has 0 aliphatic rings. The van der Waals surface area contributed by atoms with Gasteiger partial charge in [-0.1, -0.05) is 57.0 Å². The minimum atomic E-state index is -0.833. The first-order chi connectivity index (χ1) is 17.4. The van der Waals surface area contributed by atoms with Crippen LogP contribution in [0.2, 0.25) is 0 Å². The van der Waals surface area contributed by atoms with Crippen molar-refractivity contribution in [1.29, 1.82) is 0 Å². The van der Waals surface area contributed by atoms with Crippen LogP contribution in [-0.4, -0.2) is 46.5 Å². The molecule has 7 nitrogen and oxygen atoms in total. The van der Waals surface area contributed by atoms with Crippen LogP contribution < -0.4 is 10.6 Å². The molecule has 0 radical (unpaired) electrons. The van der Waals surface area contributed by atoms with Crippen LogP contribution in [0.4, 0.5) is 4.79 Å². The largest absolute Gasteiger partial charge is 0.444 e. The minimum absolute atomic E-state index is 0.0924. The summed E-state index contributed by atoms with van der Waals surface area (Å²) >= 11 is 0. The smallest absolute Gasteiger partial charge is 0.408 e. The fourth-order valence-electron chi connectivity index (χ4n) is 4.60. The molecule has 0 saturated carbocycles. The SMILES string of the molecule is Cc1cc(C)cc(C(C(=O)NC(C)C)N(C(=O)C(CC(C)C)NC(=O)OC(C)(C)C)C(C)CCC(C)C)c1. The van der Waals surface area contributed by atoms with Crippen molar-refractivity contribution in [3.05, 3.63) is 34.9 Å². The lowest BCUT2D eigenvalue weighted by molar-refractivity contribution is -0.145. The second-order valence-corrected chi connectivity index (χ2v) is 12.9. The van der Waals surface area contributed by atoms with Gasteiger partial charge in [-0.25, -0.2) is 4.79 Å². The van der Waals surface area contributed by atoms with Crippen molar-refractivity contribution in [3.8, 4) is 0 Å². The molecule has 3 unspecified atom stereocenters. The molecule has 0 bridgehead atoms. The number of carbonyl (C=O) groups excluding carboxylic acids is 3. The molecule has 0 heterocycles. The molecule has 1 aromatic carbocycles. The van der Waals surface area contributed by atoms with Crippen LogP contribution in [0, 0.1) is 25.7 Å². The molecule has 0 aromatic heterocycles. The van der Waals surface area contributed by atoms with E-state index in [1.807, 2.05) is 60.6 Å². The van der Waals surface area contributed by atoms with Gasteiger partial charge in [-0.05, 0) is 92.1 Å². The van der Waals surface area contributed by atoms with Gasteiger partial charge in [-0.3, -0.25) is 9.59 Å². The van der Waals surface area contributed by atoms with Gasteiger partial charge in [-0.15, -0.1) is 0 Å². The van der Waals surface area contributed by atoms with Gasteiger partial charge in [0, 0.05) is 12.1 Å². The Kier molecular flexibility index (Phi) is 12.8. The van der Waals surface area contributed by atoms with Crippen molar-refractivity contribution in [2.24, 2.45) is 11.8 Å². The van der Waals surface area contributed by atoms with Gasteiger partial charge in [-0.2, -0.15) is 0 Å². The number of carbonyl (C=O) groups is 3. The molecule has 3 amide bonds. The molecule has 216 valence electrons. The zero-order valence-electron chi connectivity index (χ0n) is 25.9. The molecule has 7 heteroatoms. The van der Waals surface area contributed by atoms with E-state index in [-0.39, 0.29) is 29.8 Å². The van der Waals surface area contributed by atoms with E-state index in [1.165, 1.54) is 0 Å². The summed E-state index contributed by atoms with van der Waals surface area (Å²) in [6.45, 7) is 23.5. The monoisotopic (exact) mass is 531 g/mol. The summed E-state index contributed by atoms with van der Waals surface area (Å²) in [5.74, 6) is 0.0833. The Morgan fingerprint density at radius 1 is 0.842 bits per heavy atom. The van der Waals surface area contributed by atoms with Gasteiger partial charge in [0.2, 0.25) is 11.8 Å². The topological polar surface area (TPSA) is 87.7 Å². The third kappa shape index (κ3) is 11.4. The van der Waals surface area contributed by atoms with Crippen LogP contribution in [0.5, 0.6) is 0 Å². The number of rotatable bonds is 12. The second kappa shape index (κ2) is 14.5. The molecule has 1 rings (SSSR count). The summed E-state index contributed by atoms with van der Waals surface area (Å²) in [6, 6.07) is 4.03. The van der Waals surface area contributed by atoms with Crippen molar-refractivity contribution < 1.29 is 19.1 Å². The van der Waals surface area contributed by atoms with Crippen LogP contribution in [0.1, 0.15) is 111 Å². The lowest BCUT2D eigenvalue weighted by Crippen LogP contribution is -2.56. The summed E-state index contributed by atoms with van der Waals surface area (Å²) in [5.41, 5.74) is 2.12. The van der Waals surface area contributed by atoms with Crippen molar-refractivity contribution >= 4 is 17.9 Å². The number of nitrogens with one attached hydrogen (secondary N) is 2. The average molecular weight is 532 g/mol. The van der Waals surface area contributed by atoms with Crippen LogP contribution in [0.3, 0.4) is 0 Å². The average Bonchev–Trinajstić information content (AvgIpc) is 2.71. The Balaban J connectivity index is 3.68. The van der Waals surface area contributed by atoms with E-state index in [4.69, 9.17) is 4.74 Å². The summed E-state index contributed by atoms with van der Waals surface area (Å²) in [6.07, 6.45) is 1.43. The summed E-state index contributed by atoms with van der Waals surface area (Å²) < 4.78 is 5.50. The first-order valence-corrected chi connectivity index (χ1v) is 14.1. The fourth-order valence-corrected chi connectivity index (χ4v) is 4.60. The number of benzene rings is 1. The summed E-state index contributed by atoms with van der Waals surface area (Å²) in [7, 11) is 0. The van der Waals surface area contributed by atoms with Gasteiger partial charge in [0.25, 0.3) is 0 Å². The zero-order chi connectivity index (χ0) is 29.4. The van der Waals surface area contributed by atoms with Gasteiger partial charge in [0.1, 0.15) is 17.7 Å². The Morgan fingerprint density at radius 3 is 1.84 bits per heavy atom. The predicted octanol–water partition coefficient (Wildman–Crippen LogP) is 6.46. The summed E-state index contributed by atoms with van der Waals surface area (Å²) in [4.78, 5) is 42.7. The highest BCUT2D eigenvalue weighted by molar-refractivity contribution is 5.92. The Hall–Kier alpha value is -2.57. The first kappa shape index (κ1) is 33.5. The van der Waals surface area contributed by atoms with Crippen LogP contribution in [0.25, 0.3) is 0 Å². The molecule has 38 heavy (non-hydrogen) atoms. The molecular formula is C31H53N3O4. The van der Waals surface area contributed by atoms with Crippen molar-refractivity contribution in [2.75, 3.05) is 0 Å². The van der Waals surface area contributed by atoms with Crippen LogP contribution >= 0.6 is 0 Å².